The molecule has 13 heteroatoms. The molecule has 3 aliphatic heterocycles. The van der Waals surface area contributed by atoms with Crippen LogP contribution < -0.4 is 45.8 Å². The normalized spacial score (nSPS) is 17.2. The Morgan fingerprint density at radius 3 is 0.869 bits per heavy atom. The Bertz CT molecular complexity index is 2190. The summed E-state index contributed by atoms with van der Waals surface area (Å²) in [6.45, 7) is 0. The topological polar surface area (TPSA) is 170 Å². The van der Waals surface area contributed by atoms with Crippen LogP contribution in [0.2, 0.25) is 0 Å². The van der Waals surface area contributed by atoms with Crippen LogP contribution in [0, 0.1) is 0 Å². The minimum atomic E-state index is 0. The zero-order chi connectivity index (χ0) is 41.8. The van der Waals surface area contributed by atoms with E-state index in [9.17, 15) is 15.3 Å². The number of rotatable bonds is 9. The van der Waals surface area contributed by atoms with E-state index in [1.165, 1.54) is 0 Å². The molecule has 0 aliphatic carbocycles. The first-order valence-electron chi connectivity index (χ1n) is 19.5. The van der Waals surface area contributed by atoms with Crippen molar-refractivity contribution in [3.05, 3.63) is 179 Å². The number of hydrazone groups is 3. The van der Waals surface area contributed by atoms with E-state index < -0.39 is 0 Å². The Hall–Kier alpha value is -6.65. The summed E-state index contributed by atoms with van der Waals surface area (Å²) in [4.78, 5) is 0. The Labute approximate surface area is 373 Å². The SMILES string of the molecule is COc1ccc(C2CC(c3ccccc3[O-])=NN2)cc1.COc1ccc(C2CC(c3ccccc3[O-])=NN2)cc1.COc1ccc(C2CC(c3ccccc3[O-])=NN2)cc1.[Sb+3]. The van der Waals surface area contributed by atoms with Crippen molar-refractivity contribution < 1.29 is 29.5 Å². The molecule has 61 heavy (non-hydrogen) atoms. The van der Waals surface area contributed by atoms with Crippen LogP contribution in [0.4, 0.5) is 0 Å². The van der Waals surface area contributed by atoms with Crippen LogP contribution in [-0.2, 0) is 0 Å². The summed E-state index contributed by atoms with van der Waals surface area (Å²) in [6.07, 6.45) is 2.14. The third-order valence-corrected chi connectivity index (χ3v) is 10.4. The number of ether oxygens (including phenoxy) is 3. The van der Waals surface area contributed by atoms with E-state index >= 15 is 0 Å². The van der Waals surface area contributed by atoms with Crippen molar-refractivity contribution in [2.75, 3.05) is 21.3 Å². The molecule has 3 atom stereocenters. The Kier molecular flexibility index (Phi) is 15.1. The van der Waals surface area contributed by atoms with Crippen LogP contribution in [0.1, 0.15) is 70.8 Å². The molecule has 6 aromatic carbocycles. The van der Waals surface area contributed by atoms with Crippen LogP contribution in [0.3, 0.4) is 0 Å². The zero-order valence-corrected chi connectivity index (χ0v) is 36.5. The number of hydrogen-bond donors (Lipinski definition) is 3. The molecule has 3 unspecified atom stereocenters. The van der Waals surface area contributed by atoms with Gasteiger partial charge in [-0.15, -0.1) is 0 Å². The van der Waals surface area contributed by atoms with E-state index in [-0.39, 0.29) is 59.8 Å². The summed E-state index contributed by atoms with van der Waals surface area (Å²) in [5.74, 6) is 2.55. The van der Waals surface area contributed by atoms with Crippen molar-refractivity contribution in [1.29, 1.82) is 0 Å². The van der Waals surface area contributed by atoms with Crippen LogP contribution >= 0.6 is 0 Å². The molecule has 6 aromatic rings. The molecule has 0 saturated carbocycles. The Morgan fingerprint density at radius 1 is 0.393 bits per heavy atom. The molecule has 3 heterocycles. The summed E-state index contributed by atoms with van der Waals surface area (Å²) < 4.78 is 15.4. The Morgan fingerprint density at radius 2 is 0.639 bits per heavy atom. The van der Waals surface area contributed by atoms with Gasteiger partial charge in [0.2, 0.25) is 0 Å². The van der Waals surface area contributed by atoms with E-state index in [4.69, 9.17) is 14.2 Å². The summed E-state index contributed by atoms with van der Waals surface area (Å²) in [5.41, 5.74) is 17.2. The Balaban J connectivity index is 0.000000152. The quantitative estimate of drug-likeness (QED) is 0.142. The fourth-order valence-corrected chi connectivity index (χ4v) is 7.03. The van der Waals surface area contributed by atoms with Gasteiger partial charge in [0.25, 0.3) is 0 Å². The predicted octanol–water partition coefficient (Wildman–Crippen LogP) is 6.24. The van der Waals surface area contributed by atoms with Crippen LogP contribution in [-0.4, -0.2) is 62.9 Å². The number of methoxy groups -OCH3 is 3. The standard InChI is InChI=1S/3C16H16N2O2.Sb/c3*1-20-12-8-6-11(7-9-12)14-10-15(18-17-14)13-4-2-3-5-16(13)19;/h3*2-9,14,17,19H,10H2,1H3;/q;;;+3/p-3. The van der Waals surface area contributed by atoms with Crippen molar-refractivity contribution in [1.82, 2.24) is 16.3 Å². The fraction of sp³-hybridized carbons (Fsp3) is 0.188. The maximum absolute atomic E-state index is 11.8. The first kappa shape index (κ1) is 43.9. The number of benzene rings is 6. The van der Waals surface area contributed by atoms with Crippen LogP contribution in [0.15, 0.2) is 161 Å². The van der Waals surface area contributed by atoms with Gasteiger partial charge in [-0.2, -0.15) is 15.3 Å². The molecular weight excluding hydrogens is 878 g/mol. The molecule has 0 bridgehead atoms. The molecule has 2 radical (unpaired) electrons. The molecule has 0 fully saturated rings. The molecule has 3 N–H and O–H groups in total. The monoisotopic (exact) mass is 922 g/mol. The minimum Gasteiger partial charge on any atom is -0.872 e. The maximum atomic E-state index is 11.8. The molecular formula is C48H45N6O6Sb. The molecule has 0 aromatic heterocycles. The van der Waals surface area contributed by atoms with Crippen molar-refractivity contribution in [3.63, 3.8) is 0 Å². The van der Waals surface area contributed by atoms with Gasteiger partial charge in [-0.05, 0) is 69.8 Å². The number of nitrogens with zero attached hydrogens (tertiary/aromatic N) is 3. The van der Waals surface area contributed by atoms with Gasteiger partial charge in [-0.25, -0.2) is 0 Å². The average Bonchev–Trinajstić information content (AvgIpc) is 4.11. The zero-order valence-electron chi connectivity index (χ0n) is 33.9. The van der Waals surface area contributed by atoms with E-state index in [1.807, 2.05) is 109 Å². The maximum Gasteiger partial charge on any atom is 3.00 e. The van der Waals surface area contributed by atoms with Gasteiger partial charge in [0.05, 0.1) is 56.6 Å². The molecule has 308 valence electrons. The van der Waals surface area contributed by atoms with Crippen LogP contribution in [0.5, 0.6) is 34.5 Å². The van der Waals surface area contributed by atoms with Gasteiger partial charge in [-0.1, -0.05) is 126 Å². The smallest absolute Gasteiger partial charge is 0.872 e. The molecule has 0 amide bonds. The number of hydrogen-bond acceptors (Lipinski definition) is 12. The van der Waals surface area contributed by atoms with Crippen molar-refractivity contribution in [2.24, 2.45) is 15.3 Å². The second kappa shape index (κ2) is 21.0. The third-order valence-electron chi connectivity index (χ3n) is 10.4. The first-order valence-corrected chi connectivity index (χ1v) is 19.5. The first-order chi connectivity index (χ1) is 29.3. The summed E-state index contributed by atoms with van der Waals surface area (Å²) in [7, 11) is 4.94. The summed E-state index contributed by atoms with van der Waals surface area (Å²) in [6, 6.07) is 44.9. The second-order valence-corrected chi connectivity index (χ2v) is 14.1. The molecule has 12 nitrogen and oxygen atoms in total. The number of nitrogens with one attached hydrogen (secondary N) is 3. The van der Waals surface area contributed by atoms with Crippen molar-refractivity contribution in [3.8, 4) is 34.5 Å². The van der Waals surface area contributed by atoms with E-state index in [1.54, 1.807) is 57.7 Å². The molecule has 0 saturated heterocycles. The fourth-order valence-electron chi connectivity index (χ4n) is 7.03. The molecule has 9 rings (SSSR count). The summed E-state index contributed by atoms with van der Waals surface area (Å²) in [5, 5.41) is 48.3. The van der Waals surface area contributed by atoms with Gasteiger partial charge < -0.3 is 45.8 Å². The third kappa shape index (κ3) is 10.9. The van der Waals surface area contributed by atoms with E-state index in [0.29, 0.717) is 36.0 Å². The van der Waals surface area contributed by atoms with E-state index in [0.717, 1.165) is 51.1 Å². The molecule has 0 spiro atoms. The number of para-hydroxylation sites is 3. The summed E-state index contributed by atoms with van der Waals surface area (Å²) >= 11 is 0. The molecule has 3 aliphatic rings. The van der Waals surface area contributed by atoms with Gasteiger partial charge in [-0.3, -0.25) is 0 Å². The van der Waals surface area contributed by atoms with Crippen LogP contribution in [0.25, 0.3) is 0 Å². The van der Waals surface area contributed by atoms with Gasteiger partial charge in [0.15, 0.2) is 0 Å². The second-order valence-electron chi connectivity index (χ2n) is 14.1. The predicted molar refractivity (Wildman–Crippen MR) is 233 cm³/mol. The van der Waals surface area contributed by atoms with Gasteiger partial charge >= 0.3 is 24.4 Å². The average molecular weight is 924 g/mol. The van der Waals surface area contributed by atoms with E-state index in [2.05, 4.69) is 31.6 Å². The largest absolute Gasteiger partial charge is 3.00 e. The minimum absolute atomic E-state index is 0. The van der Waals surface area contributed by atoms with Gasteiger partial charge in [0.1, 0.15) is 17.2 Å². The van der Waals surface area contributed by atoms with Crippen molar-refractivity contribution >= 4 is 41.6 Å². The van der Waals surface area contributed by atoms with Crippen molar-refractivity contribution in [2.45, 2.75) is 37.4 Å². The van der Waals surface area contributed by atoms with Gasteiger partial charge in [0, 0.05) is 19.3 Å².